The van der Waals surface area contributed by atoms with E-state index in [4.69, 9.17) is 5.11 Å². The lowest BCUT2D eigenvalue weighted by atomic mass is 10.1. The fourth-order valence-corrected chi connectivity index (χ4v) is 2.27. The van der Waals surface area contributed by atoms with Crippen LogP contribution in [0.25, 0.3) is 6.08 Å². The Balaban J connectivity index is 2.05. The fourth-order valence-electron chi connectivity index (χ4n) is 2.27. The Bertz CT molecular complexity index is 551. The summed E-state index contributed by atoms with van der Waals surface area (Å²) in [6.07, 6.45) is 2.17. The Labute approximate surface area is 116 Å². The van der Waals surface area contributed by atoms with E-state index in [0.717, 1.165) is 5.56 Å². The van der Waals surface area contributed by atoms with Crippen LogP contribution in [0.15, 0.2) is 29.8 Å². The molecule has 1 fully saturated rings. The molecule has 1 aliphatic heterocycles. The molecule has 1 amide bonds. The maximum Gasteiger partial charge on any atom is 0.308 e. The molecule has 0 spiro atoms. The molecule has 5 heteroatoms. The number of carbonyl (C=O) groups excluding carboxylic acids is 1. The van der Waals surface area contributed by atoms with Crippen LogP contribution in [0.4, 0.5) is 4.39 Å². The molecule has 1 heterocycles. The highest BCUT2D eigenvalue weighted by Crippen LogP contribution is 2.19. The van der Waals surface area contributed by atoms with E-state index in [2.05, 4.69) is 0 Å². The van der Waals surface area contributed by atoms with Gasteiger partial charge in [0, 0.05) is 18.7 Å². The average molecular weight is 277 g/mol. The van der Waals surface area contributed by atoms with E-state index in [-0.39, 0.29) is 18.3 Å². The molecule has 0 aromatic heterocycles. The molecule has 1 aromatic carbocycles. The smallest absolute Gasteiger partial charge is 0.308 e. The van der Waals surface area contributed by atoms with Gasteiger partial charge in [0.25, 0.3) is 0 Å². The van der Waals surface area contributed by atoms with Gasteiger partial charge in [0.1, 0.15) is 5.82 Å². The number of carbonyl (C=O) groups is 2. The summed E-state index contributed by atoms with van der Waals surface area (Å²) in [5.41, 5.74) is 1.26. The molecule has 1 atom stereocenters. The zero-order valence-electron chi connectivity index (χ0n) is 11.2. The van der Waals surface area contributed by atoms with Crippen molar-refractivity contribution < 1.29 is 19.1 Å². The van der Waals surface area contributed by atoms with Gasteiger partial charge in [-0.05, 0) is 37.1 Å². The normalized spacial score (nSPS) is 19.2. The maximum absolute atomic E-state index is 12.8. The maximum atomic E-state index is 12.8. The number of rotatable bonds is 3. The molecule has 1 N–H and O–H groups in total. The van der Waals surface area contributed by atoms with Crippen LogP contribution in [0.2, 0.25) is 0 Å². The SMILES string of the molecule is CC(=Cc1ccc(F)cc1)C(=O)N1CCC(C(=O)O)C1. The quantitative estimate of drug-likeness (QED) is 0.861. The largest absolute Gasteiger partial charge is 0.481 e. The molecule has 0 aliphatic carbocycles. The van der Waals surface area contributed by atoms with Crippen molar-refractivity contribution in [2.75, 3.05) is 13.1 Å². The first kappa shape index (κ1) is 14.2. The highest BCUT2D eigenvalue weighted by atomic mass is 19.1. The molecule has 1 aromatic rings. The first-order chi connectivity index (χ1) is 9.47. The van der Waals surface area contributed by atoms with Crippen LogP contribution in [-0.2, 0) is 9.59 Å². The Kier molecular flexibility index (Phi) is 4.17. The van der Waals surface area contributed by atoms with E-state index in [1.165, 1.54) is 12.1 Å². The van der Waals surface area contributed by atoms with E-state index < -0.39 is 11.9 Å². The van der Waals surface area contributed by atoms with Gasteiger partial charge in [0.15, 0.2) is 0 Å². The number of likely N-dealkylation sites (tertiary alicyclic amines) is 1. The second kappa shape index (κ2) is 5.86. The van der Waals surface area contributed by atoms with E-state index in [9.17, 15) is 14.0 Å². The number of nitrogens with zero attached hydrogens (tertiary/aromatic N) is 1. The van der Waals surface area contributed by atoms with Gasteiger partial charge in [-0.1, -0.05) is 12.1 Å². The van der Waals surface area contributed by atoms with E-state index >= 15 is 0 Å². The molecular formula is C15H16FNO3. The lowest BCUT2D eigenvalue weighted by molar-refractivity contribution is -0.141. The van der Waals surface area contributed by atoms with Gasteiger partial charge in [0.05, 0.1) is 5.92 Å². The predicted molar refractivity (Wildman–Crippen MR) is 72.4 cm³/mol. The summed E-state index contributed by atoms with van der Waals surface area (Å²) in [5, 5.41) is 8.92. The molecule has 0 radical (unpaired) electrons. The van der Waals surface area contributed by atoms with Crippen molar-refractivity contribution >= 4 is 18.0 Å². The molecule has 106 valence electrons. The van der Waals surface area contributed by atoms with E-state index in [1.807, 2.05) is 0 Å². The van der Waals surface area contributed by atoms with Crippen molar-refractivity contribution in [1.29, 1.82) is 0 Å². The standard InChI is InChI=1S/C15H16FNO3/c1-10(8-11-2-4-13(16)5-3-11)14(18)17-7-6-12(9-17)15(19)20/h2-5,8,12H,6-7,9H2,1H3,(H,19,20). The first-order valence-electron chi connectivity index (χ1n) is 6.43. The van der Waals surface area contributed by atoms with Crippen molar-refractivity contribution in [3.63, 3.8) is 0 Å². The summed E-state index contributed by atoms with van der Waals surface area (Å²) in [4.78, 5) is 24.6. The Morgan fingerprint density at radius 2 is 2.00 bits per heavy atom. The number of carboxylic acid groups (broad SMARTS) is 1. The second-order valence-electron chi connectivity index (χ2n) is 4.95. The van der Waals surface area contributed by atoms with Crippen LogP contribution in [0, 0.1) is 11.7 Å². The lowest BCUT2D eigenvalue weighted by Gasteiger charge is -2.16. The summed E-state index contributed by atoms with van der Waals surface area (Å²) >= 11 is 0. The molecule has 1 aliphatic rings. The zero-order chi connectivity index (χ0) is 14.7. The number of halogens is 1. The van der Waals surface area contributed by atoms with Crippen LogP contribution in [-0.4, -0.2) is 35.0 Å². The molecule has 2 rings (SSSR count). The van der Waals surface area contributed by atoms with Crippen molar-refractivity contribution in [3.8, 4) is 0 Å². The zero-order valence-corrected chi connectivity index (χ0v) is 11.2. The van der Waals surface area contributed by atoms with Gasteiger partial charge in [-0.15, -0.1) is 0 Å². The van der Waals surface area contributed by atoms with Crippen molar-refractivity contribution in [2.45, 2.75) is 13.3 Å². The Morgan fingerprint density at radius 1 is 1.35 bits per heavy atom. The summed E-state index contributed by atoms with van der Waals surface area (Å²) in [6, 6.07) is 5.85. The highest BCUT2D eigenvalue weighted by molar-refractivity contribution is 5.97. The third kappa shape index (κ3) is 3.23. The first-order valence-corrected chi connectivity index (χ1v) is 6.43. The van der Waals surface area contributed by atoms with Crippen LogP contribution < -0.4 is 0 Å². The molecule has 1 saturated heterocycles. The third-order valence-electron chi connectivity index (χ3n) is 3.42. The van der Waals surface area contributed by atoms with E-state index in [0.29, 0.717) is 18.5 Å². The topological polar surface area (TPSA) is 57.6 Å². The molecule has 1 unspecified atom stereocenters. The molecule has 4 nitrogen and oxygen atoms in total. The van der Waals surface area contributed by atoms with Gasteiger partial charge < -0.3 is 10.0 Å². The monoisotopic (exact) mass is 277 g/mol. The van der Waals surface area contributed by atoms with E-state index in [1.54, 1.807) is 30.0 Å². The molecule has 0 saturated carbocycles. The predicted octanol–water partition coefficient (Wildman–Crippen LogP) is 2.16. The van der Waals surface area contributed by atoms with Crippen LogP contribution in [0.5, 0.6) is 0 Å². The molecule has 0 bridgehead atoms. The number of hydrogen-bond acceptors (Lipinski definition) is 2. The van der Waals surface area contributed by atoms with Crippen LogP contribution >= 0.6 is 0 Å². The summed E-state index contributed by atoms with van der Waals surface area (Å²) < 4.78 is 12.8. The summed E-state index contributed by atoms with van der Waals surface area (Å²) in [5.74, 6) is -1.83. The number of amides is 1. The van der Waals surface area contributed by atoms with Gasteiger partial charge in [-0.25, -0.2) is 4.39 Å². The highest BCUT2D eigenvalue weighted by Gasteiger charge is 2.31. The average Bonchev–Trinajstić information content (AvgIpc) is 2.90. The minimum atomic E-state index is -0.861. The lowest BCUT2D eigenvalue weighted by Crippen LogP contribution is -2.30. The number of aliphatic carboxylic acids is 1. The Morgan fingerprint density at radius 3 is 2.55 bits per heavy atom. The van der Waals surface area contributed by atoms with Crippen molar-refractivity contribution in [1.82, 2.24) is 4.90 Å². The van der Waals surface area contributed by atoms with Crippen molar-refractivity contribution in [3.05, 3.63) is 41.2 Å². The van der Waals surface area contributed by atoms with Gasteiger partial charge >= 0.3 is 5.97 Å². The number of hydrogen-bond donors (Lipinski definition) is 1. The third-order valence-corrected chi connectivity index (χ3v) is 3.42. The van der Waals surface area contributed by atoms with Gasteiger partial charge in [-0.2, -0.15) is 0 Å². The molecular weight excluding hydrogens is 261 g/mol. The van der Waals surface area contributed by atoms with Crippen LogP contribution in [0.3, 0.4) is 0 Å². The number of carboxylic acids is 1. The second-order valence-corrected chi connectivity index (χ2v) is 4.95. The van der Waals surface area contributed by atoms with Crippen LogP contribution in [0.1, 0.15) is 18.9 Å². The number of benzene rings is 1. The fraction of sp³-hybridized carbons (Fsp3) is 0.333. The minimum absolute atomic E-state index is 0.168. The summed E-state index contributed by atoms with van der Waals surface area (Å²) in [6.45, 7) is 2.40. The van der Waals surface area contributed by atoms with Gasteiger partial charge in [0.2, 0.25) is 5.91 Å². The Hall–Kier alpha value is -2.17. The summed E-state index contributed by atoms with van der Waals surface area (Å²) in [7, 11) is 0. The minimum Gasteiger partial charge on any atom is -0.481 e. The van der Waals surface area contributed by atoms with Crippen molar-refractivity contribution in [2.24, 2.45) is 5.92 Å². The van der Waals surface area contributed by atoms with Gasteiger partial charge in [-0.3, -0.25) is 9.59 Å². The molecule has 20 heavy (non-hydrogen) atoms.